The quantitative estimate of drug-likeness (QED) is 0.322. The van der Waals surface area contributed by atoms with Crippen LogP contribution in [0.25, 0.3) is 0 Å². The van der Waals surface area contributed by atoms with Gasteiger partial charge in [-0.05, 0) is 29.7 Å². The van der Waals surface area contributed by atoms with Crippen LogP contribution in [-0.4, -0.2) is 24.8 Å². The monoisotopic (exact) mass is 398 g/mol. The number of hydrogen-bond donors (Lipinski definition) is 1. The number of aromatic hydroxyl groups is 1. The van der Waals surface area contributed by atoms with Crippen molar-refractivity contribution in [3.63, 3.8) is 0 Å². The van der Waals surface area contributed by atoms with Crippen LogP contribution < -0.4 is 0 Å². The molecule has 0 saturated heterocycles. The zero-order chi connectivity index (χ0) is 19.9. The standard InChI is InChI=1S/C20H22N4O3S/c1-2-3-4-19-21-22-20(23(19)13-15-7-11-18(25)12-8-15)28-14-16-5-9-17(10-6-16)24(26)27/h5-12,25H,2-4,13-14H2,1H3. The maximum absolute atomic E-state index is 10.8. The zero-order valence-electron chi connectivity index (χ0n) is 15.6. The lowest BCUT2D eigenvalue weighted by Crippen LogP contribution is -2.07. The third-order valence-corrected chi connectivity index (χ3v) is 5.38. The highest BCUT2D eigenvalue weighted by molar-refractivity contribution is 7.98. The maximum Gasteiger partial charge on any atom is 0.269 e. The van der Waals surface area contributed by atoms with Crippen molar-refractivity contribution in [2.24, 2.45) is 0 Å². The summed E-state index contributed by atoms with van der Waals surface area (Å²) >= 11 is 1.56. The van der Waals surface area contributed by atoms with Gasteiger partial charge in [-0.15, -0.1) is 10.2 Å². The Bertz CT molecular complexity index is 924. The van der Waals surface area contributed by atoms with Crippen LogP contribution in [0.1, 0.15) is 36.7 Å². The number of nitro groups is 1. The number of aromatic nitrogens is 3. The Morgan fingerprint density at radius 2 is 1.75 bits per heavy atom. The molecule has 2 aromatic carbocycles. The van der Waals surface area contributed by atoms with E-state index in [-0.39, 0.29) is 11.4 Å². The van der Waals surface area contributed by atoms with E-state index in [9.17, 15) is 15.2 Å². The molecule has 0 radical (unpaired) electrons. The van der Waals surface area contributed by atoms with Gasteiger partial charge in [0, 0.05) is 24.3 Å². The van der Waals surface area contributed by atoms with Crippen LogP contribution in [-0.2, 0) is 18.7 Å². The van der Waals surface area contributed by atoms with Gasteiger partial charge in [-0.1, -0.05) is 49.4 Å². The molecule has 0 amide bonds. The average Bonchev–Trinajstić information content (AvgIpc) is 3.08. The minimum absolute atomic E-state index is 0.0890. The van der Waals surface area contributed by atoms with E-state index >= 15 is 0 Å². The number of thioether (sulfide) groups is 1. The molecule has 0 spiro atoms. The molecular formula is C20H22N4O3S. The molecule has 1 N–H and O–H groups in total. The first-order valence-corrected chi connectivity index (χ1v) is 10.1. The van der Waals surface area contributed by atoms with Crippen LogP contribution in [0.3, 0.4) is 0 Å². The fourth-order valence-electron chi connectivity index (χ4n) is 2.75. The van der Waals surface area contributed by atoms with Crippen LogP contribution in [0, 0.1) is 10.1 Å². The summed E-state index contributed by atoms with van der Waals surface area (Å²) in [4.78, 5) is 10.4. The second-order valence-corrected chi connectivity index (χ2v) is 7.41. The SMILES string of the molecule is CCCCc1nnc(SCc2ccc([N+](=O)[O-])cc2)n1Cc1ccc(O)cc1. The second-order valence-electron chi connectivity index (χ2n) is 6.47. The maximum atomic E-state index is 10.8. The second kappa shape index (κ2) is 9.36. The van der Waals surface area contributed by atoms with E-state index in [1.807, 2.05) is 12.1 Å². The molecule has 0 aliphatic carbocycles. The Hall–Kier alpha value is -2.87. The van der Waals surface area contributed by atoms with E-state index in [1.54, 1.807) is 36.0 Å². The minimum atomic E-state index is -0.398. The number of rotatable bonds is 9. The van der Waals surface area contributed by atoms with Gasteiger partial charge in [0.05, 0.1) is 11.5 Å². The third-order valence-electron chi connectivity index (χ3n) is 4.34. The summed E-state index contributed by atoms with van der Waals surface area (Å²) in [6.07, 6.45) is 2.98. The number of unbranched alkanes of at least 4 members (excludes halogenated alkanes) is 1. The first-order chi connectivity index (χ1) is 13.6. The summed E-state index contributed by atoms with van der Waals surface area (Å²) in [5.74, 6) is 1.84. The molecular weight excluding hydrogens is 376 g/mol. The molecule has 146 valence electrons. The van der Waals surface area contributed by atoms with E-state index < -0.39 is 4.92 Å². The van der Waals surface area contributed by atoms with Gasteiger partial charge in [0.2, 0.25) is 0 Å². The first-order valence-electron chi connectivity index (χ1n) is 9.13. The molecule has 3 rings (SSSR count). The Morgan fingerprint density at radius 3 is 2.39 bits per heavy atom. The molecule has 0 fully saturated rings. The molecule has 8 heteroatoms. The average molecular weight is 398 g/mol. The molecule has 28 heavy (non-hydrogen) atoms. The van der Waals surface area contributed by atoms with Crippen molar-refractivity contribution in [1.29, 1.82) is 0 Å². The van der Waals surface area contributed by atoms with Gasteiger partial charge in [0.15, 0.2) is 5.16 Å². The summed E-state index contributed by atoms with van der Waals surface area (Å²) in [5, 5.41) is 29.8. The smallest absolute Gasteiger partial charge is 0.269 e. The number of phenolic OH excluding ortho intramolecular Hbond substituents is 1. The summed E-state index contributed by atoms with van der Waals surface area (Å²) in [7, 11) is 0. The van der Waals surface area contributed by atoms with Crippen LogP contribution >= 0.6 is 11.8 Å². The van der Waals surface area contributed by atoms with Crippen molar-refractivity contribution in [2.45, 2.75) is 43.6 Å². The lowest BCUT2D eigenvalue weighted by molar-refractivity contribution is -0.384. The minimum Gasteiger partial charge on any atom is -0.508 e. The fraction of sp³-hybridized carbons (Fsp3) is 0.300. The van der Waals surface area contributed by atoms with E-state index in [0.717, 1.165) is 41.4 Å². The number of hydrogen-bond acceptors (Lipinski definition) is 6. The Balaban J connectivity index is 1.76. The molecule has 1 heterocycles. The van der Waals surface area contributed by atoms with Crippen LogP contribution in [0.5, 0.6) is 5.75 Å². The molecule has 0 bridgehead atoms. The largest absolute Gasteiger partial charge is 0.508 e. The van der Waals surface area contributed by atoms with Crippen LogP contribution in [0.15, 0.2) is 53.7 Å². The molecule has 1 aromatic heterocycles. The summed E-state index contributed by atoms with van der Waals surface area (Å²) in [6, 6.07) is 13.7. The van der Waals surface area contributed by atoms with Gasteiger partial charge in [-0.25, -0.2) is 0 Å². The lowest BCUT2D eigenvalue weighted by Gasteiger charge is -2.10. The van der Waals surface area contributed by atoms with Gasteiger partial charge in [0.1, 0.15) is 11.6 Å². The van der Waals surface area contributed by atoms with Crippen molar-refractivity contribution in [3.8, 4) is 5.75 Å². The van der Waals surface area contributed by atoms with Crippen LogP contribution in [0.4, 0.5) is 5.69 Å². The van der Waals surface area contributed by atoms with Gasteiger partial charge in [0.25, 0.3) is 5.69 Å². The normalized spacial score (nSPS) is 10.9. The number of aryl methyl sites for hydroxylation is 1. The highest BCUT2D eigenvalue weighted by Crippen LogP contribution is 2.25. The van der Waals surface area contributed by atoms with E-state index in [4.69, 9.17) is 0 Å². The summed E-state index contributed by atoms with van der Waals surface area (Å²) in [5.41, 5.74) is 2.14. The molecule has 7 nitrogen and oxygen atoms in total. The molecule has 0 unspecified atom stereocenters. The topological polar surface area (TPSA) is 94.1 Å². The fourth-order valence-corrected chi connectivity index (χ4v) is 3.66. The number of benzene rings is 2. The number of non-ortho nitro benzene ring substituents is 1. The van der Waals surface area contributed by atoms with Gasteiger partial charge < -0.3 is 9.67 Å². The van der Waals surface area contributed by atoms with Crippen molar-refractivity contribution >= 4 is 17.4 Å². The first kappa shape index (κ1) is 19.9. The third kappa shape index (κ3) is 5.10. The van der Waals surface area contributed by atoms with Crippen molar-refractivity contribution < 1.29 is 10.0 Å². The van der Waals surface area contributed by atoms with E-state index in [0.29, 0.717) is 12.3 Å². The highest BCUT2D eigenvalue weighted by atomic mass is 32.2. The van der Waals surface area contributed by atoms with Crippen molar-refractivity contribution in [2.75, 3.05) is 0 Å². The van der Waals surface area contributed by atoms with Crippen LogP contribution in [0.2, 0.25) is 0 Å². The predicted molar refractivity (Wildman–Crippen MR) is 109 cm³/mol. The lowest BCUT2D eigenvalue weighted by atomic mass is 10.2. The van der Waals surface area contributed by atoms with E-state index in [2.05, 4.69) is 21.7 Å². The molecule has 0 aliphatic rings. The summed E-state index contributed by atoms with van der Waals surface area (Å²) in [6.45, 7) is 2.78. The summed E-state index contributed by atoms with van der Waals surface area (Å²) < 4.78 is 2.11. The number of nitrogens with zero attached hydrogens (tertiary/aromatic N) is 4. The van der Waals surface area contributed by atoms with Crippen molar-refractivity contribution in [3.05, 3.63) is 75.6 Å². The Labute approximate surface area is 167 Å². The molecule has 0 aliphatic heterocycles. The molecule has 3 aromatic rings. The van der Waals surface area contributed by atoms with Gasteiger partial charge >= 0.3 is 0 Å². The number of nitro benzene ring substituents is 1. The molecule has 0 saturated carbocycles. The van der Waals surface area contributed by atoms with Gasteiger partial charge in [-0.3, -0.25) is 10.1 Å². The van der Waals surface area contributed by atoms with Gasteiger partial charge in [-0.2, -0.15) is 0 Å². The Morgan fingerprint density at radius 1 is 1.07 bits per heavy atom. The highest BCUT2D eigenvalue weighted by Gasteiger charge is 2.14. The number of phenols is 1. The predicted octanol–water partition coefficient (Wildman–Crippen LogP) is 4.58. The molecule has 0 atom stereocenters. The van der Waals surface area contributed by atoms with Crippen molar-refractivity contribution in [1.82, 2.24) is 14.8 Å². The zero-order valence-corrected chi connectivity index (χ0v) is 16.4. The van der Waals surface area contributed by atoms with E-state index in [1.165, 1.54) is 12.1 Å². The Kier molecular flexibility index (Phi) is 6.65.